The van der Waals surface area contributed by atoms with Gasteiger partial charge in [0.15, 0.2) is 11.6 Å². The molecule has 0 aromatic heterocycles. The van der Waals surface area contributed by atoms with E-state index in [1.54, 1.807) is 26.8 Å². The summed E-state index contributed by atoms with van der Waals surface area (Å²) < 4.78 is 23.2. The van der Waals surface area contributed by atoms with Gasteiger partial charge in [0.05, 0.1) is 13.7 Å². The maximum absolute atomic E-state index is 13.4. The highest BCUT2D eigenvalue weighted by Gasteiger charge is 2.14. The fraction of sp³-hybridized carbons (Fsp3) is 0.400. The Morgan fingerprint density at radius 2 is 2.10 bits per heavy atom. The number of hydrogen-bond acceptors (Lipinski definition) is 3. The lowest BCUT2D eigenvalue weighted by Gasteiger charge is -2.18. The molecule has 4 nitrogen and oxygen atoms in total. The van der Waals surface area contributed by atoms with Crippen molar-refractivity contribution in [1.82, 2.24) is 5.32 Å². The number of hydrogen-bond donors (Lipinski definition) is 1. The van der Waals surface area contributed by atoms with E-state index in [1.807, 2.05) is 0 Å². The molecular formula is C15H18FNO3. The van der Waals surface area contributed by atoms with Crippen molar-refractivity contribution in [2.45, 2.75) is 26.4 Å². The van der Waals surface area contributed by atoms with Gasteiger partial charge in [-0.1, -0.05) is 11.8 Å². The molecule has 0 bridgehead atoms. The van der Waals surface area contributed by atoms with Gasteiger partial charge in [0, 0.05) is 5.56 Å². The molecule has 0 spiro atoms. The maximum atomic E-state index is 13.4. The van der Waals surface area contributed by atoms with Gasteiger partial charge in [-0.05, 0) is 39.0 Å². The lowest BCUT2D eigenvalue weighted by atomic mass is 10.2. The first-order chi connectivity index (χ1) is 9.31. The maximum Gasteiger partial charge on any atom is 0.408 e. The Morgan fingerprint density at radius 1 is 1.40 bits per heavy atom. The first-order valence-electron chi connectivity index (χ1n) is 6.11. The van der Waals surface area contributed by atoms with Crippen LogP contribution in [0.5, 0.6) is 5.75 Å². The molecule has 1 amide bonds. The second kappa shape index (κ2) is 6.80. The summed E-state index contributed by atoms with van der Waals surface area (Å²) >= 11 is 0. The normalized spacial score (nSPS) is 10.2. The van der Waals surface area contributed by atoms with Gasteiger partial charge in [-0.3, -0.25) is 0 Å². The fourth-order valence-corrected chi connectivity index (χ4v) is 1.32. The summed E-state index contributed by atoms with van der Waals surface area (Å²) in [5, 5.41) is 2.49. The lowest BCUT2D eigenvalue weighted by Crippen LogP contribution is -2.32. The summed E-state index contributed by atoms with van der Waals surface area (Å²) in [6.45, 7) is 5.46. The van der Waals surface area contributed by atoms with E-state index >= 15 is 0 Å². The second-order valence-corrected chi connectivity index (χ2v) is 5.01. The van der Waals surface area contributed by atoms with E-state index in [0.29, 0.717) is 5.56 Å². The van der Waals surface area contributed by atoms with E-state index in [1.165, 1.54) is 19.2 Å². The molecule has 0 fully saturated rings. The van der Waals surface area contributed by atoms with Crippen molar-refractivity contribution in [2.24, 2.45) is 0 Å². The molecular weight excluding hydrogens is 261 g/mol. The van der Waals surface area contributed by atoms with Gasteiger partial charge in [-0.2, -0.15) is 0 Å². The SMILES string of the molecule is COc1ccc(C#CCNC(=O)OC(C)(C)C)cc1F. The first-order valence-corrected chi connectivity index (χ1v) is 6.11. The third-order valence-corrected chi connectivity index (χ3v) is 2.10. The van der Waals surface area contributed by atoms with Crippen LogP contribution in [-0.2, 0) is 4.74 Å². The summed E-state index contributed by atoms with van der Waals surface area (Å²) in [6.07, 6.45) is -0.535. The Kier molecular flexibility index (Phi) is 5.39. The third kappa shape index (κ3) is 5.61. The van der Waals surface area contributed by atoms with E-state index in [0.717, 1.165) is 0 Å². The molecule has 0 aliphatic heterocycles. The summed E-state index contributed by atoms with van der Waals surface area (Å²) in [5.74, 6) is 5.15. The van der Waals surface area contributed by atoms with Gasteiger partial charge in [-0.15, -0.1) is 0 Å². The number of nitrogens with one attached hydrogen (secondary N) is 1. The minimum atomic E-state index is -0.545. The molecule has 0 aliphatic rings. The Balaban J connectivity index is 2.51. The average Bonchev–Trinajstić information content (AvgIpc) is 2.33. The van der Waals surface area contributed by atoms with Crippen LogP contribution in [0.15, 0.2) is 18.2 Å². The molecule has 1 N–H and O–H groups in total. The number of alkyl carbamates (subject to hydrolysis) is 1. The molecule has 0 saturated heterocycles. The number of methoxy groups -OCH3 is 1. The molecule has 20 heavy (non-hydrogen) atoms. The van der Waals surface area contributed by atoms with Crippen LogP contribution in [0.4, 0.5) is 9.18 Å². The number of amides is 1. The molecule has 0 heterocycles. The Bertz CT molecular complexity index is 538. The van der Waals surface area contributed by atoms with Crippen molar-refractivity contribution in [1.29, 1.82) is 0 Å². The molecule has 0 aliphatic carbocycles. The highest BCUT2D eigenvalue weighted by atomic mass is 19.1. The monoisotopic (exact) mass is 279 g/mol. The van der Waals surface area contributed by atoms with Crippen molar-refractivity contribution in [3.05, 3.63) is 29.6 Å². The Labute approximate surface area is 118 Å². The Morgan fingerprint density at radius 3 is 2.65 bits per heavy atom. The minimum Gasteiger partial charge on any atom is -0.494 e. The van der Waals surface area contributed by atoms with Gasteiger partial charge in [0.25, 0.3) is 0 Å². The molecule has 5 heteroatoms. The van der Waals surface area contributed by atoms with E-state index in [-0.39, 0.29) is 12.3 Å². The van der Waals surface area contributed by atoms with Crippen molar-refractivity contribution in [2.75, 3.05) is 13.7 Å². The molecule has 108 valence electrons. The number of halogens is 1. The molecule has 1 aromatic carbocycles. The van der Waals surface area contributed by atoms with Crippen LogP contribution in [0.3, 0.4) is 0 Å². The predicted octanol–water partition coefficient (Wildman–Crippen LogP) is 2.71. The van der Waals surface area contributed by atoms with E-state index < -0.39 is 17.5 Å². The highest BCUT2D eigenvalue weighted by molar-refractivity contribution is 5.68. The average molecular weight is 279 g/mol. The summed E-state index contributed by atoms with van der Waals surface area (Å²) in [5.41, 5.74) is -0.0364. The molecule has 0 radical (unpaired) electrons. The molecule has 1 aromatic rings. The quantitative estimate of drug-likeness (QED) is 0.847. The van der Waals surface area contributed by atoms with E-state index in [4.69, 9.17) is 9.47 Å². The zero-order valence-electron chi connectivity index (χ0n) is 12.0. The summed E-state index contributed by atoms with van der Waals surface area (Å²) in [7, 11) is 1.40. The van der Waals surface area contributed by atoms with Crippen molar-refractivity contribution >= 4 is 6.09 Å². The minimum absolute atomic E-state index is 0.128. The molecule has 0 unspecified atom stereocenters. The molecule has 1 rings (SSSR count). The number of carbonyl (C=O) groups is 1. The number of carbonyl (C=O) groups excluding carboxylic acids is 1. The second-order valence-electron chi connectivity index (χ2n) is 5.01. The fourth-order valence-electron chi connectivity index (χ4n) is 1.32. The van der Waals surface area contributed by atoms with Crippen molar-refractivity contribution in [3.63, 3.8) is 0 Å². The van der Waals surface area contributed by atoms with Crippen LogP contribution in [0, 0.1) is 17.7 Å². The zero-order valence-corrected chi connectivity index (χ0v) is 12.0. The zero-order chi connectivity index (χ0) is 15.2. The summed E-state index contributed by atoms with van der Waals surface area (Å²) in [6, 6.07) is 4.42. The predicted molar refractivity (Wildman–Crippen MR) is 74.1 cm³/mol. The van der Waals surface area contributed by atoms with Crippen LogP contribution in [-0.4, -0.2) is 25.3 Å². The van der Waals surface area contributed by atoms with E-state index in [2.05, 4.69) is 17.2 Å². The van der Waals surface area contributed by atoms with Crippen LogP contribution in [0.2, 0.25) is 0 Å². The van der Waals surface area contributed by atoms with Crippen LogP contribution < -0.4 is 10.1 Å². The molecule has 0 saturated carbocycles. The lowest BCUT2D eigenvalue weighted by molar-refractivity contribution is 0.0535. The number of rotatable bonds is 2. The largest absolute Gasteiger partial charge is 0.494 e. The van der Waals surface area contributed by atoms with Gasteiger partial charge >= 0.3 is 6.09 Å². The van der Waals surface area contributed by atoms with Crippen LogP contribution in [0.25, 0.3) is 0 Å². The standard InChI is InChI=1S/C15H18FNO3/c1-15(2,3)20-14(18)17-9-5-6-11-7-8-13(19-4)12(16)10-11/h7-8,10H,9H2,1-4H3,(H,17,18). The van der Waals surface area contributed by atoms with Crippen LogP contribution in [0.1, 0.15) is 26.3 Å². The topological polar surface area (TPSA) is 47.6 Å². The van der Waals surface area contributed by atoms with Gasteiger partial charge in [-0.25, -0.2) is 9.18 Å². The van der Waals surface area contributed by atoms with E-state index in [9.17, 15) is 9.18 Å². The third-order valence-electron chi connectivity index (χ3n) is 2.10. The number of benzene rings is 1. The van der Waals surface area contributed by atoms with Gasteiger partial charge in [0.2, 0.25) is 0 Å². The summed E-state index contributed by atoms with van der Waals surface area (Å²) in [4.78, 5) is 11.3. The highest BCUT2D eigenvalue weighted by Crippen LogP contribution is 2.16. The number of ether oxygens (including phenoxy) is 2. The van der Waals surface area contributed by atoms with Crippen molar-refractivity contribution in [3.8, 4) is 17.6 Å². The van der Waals surface area contributed by atoms with Crippen molar-refractivity contribution < 1.29 is 18.7 Å². The molecule has 0 atom stereocenters. The van der Waals surface area contributed by atoms with Gasteiger partial charge < -0.3 is 14.8 Å². The smallest absolute Gasteiger partial charge is 0.408 e. The Hall–Kier alpha value is -2.22. The van der Waals surface area contributed by atoms with Crippen LogP contribution >= 0.6 is 0 Å². The van der Waals surface area contributed by atoms with Gasteiger partial charge in [0.1, 0.15) is 5.60 Å². The first kappa shape index (κ1) is 15.8.